The van der Waals surface area contributed by atoms with Crippen LogP contribution in [0.25, 0.3) is 11.2 Å². The zero-order valence-electron chi connectivity index (χ0n) is 16.4. The Kier molecular flexibility index (Phi) is 4.47. The van der Waals surface area contributed by atoms with Crippen molar-refractivity contribution in [3.05, 3.63) is 47.3 Å². The molecule has 7 nitrogen and oxygen atoms in total. The summed E-state index contributed by atoms with van der Waals surface area (Å²) in [7, 11) is 0. The molecule has 0 bridgehead atoms. The number of aryl methyl sites for hydroxylation is 1. The third kappa shape index (κ3) is 3.58. The maximum absolute atomic E-state index is 12.7. The third-order valence-electron chi connectivity index (χ3n) is 5.99. The van der Waals surface area contributed by atoms with Gasteiger partial charge in [0, 0.05) is 18.3 Å². The molecule has 2 atom stereocenters. The smallest absolute Gasteiger partial charge is 0.255 e. The number of benzene rings is 1. The molecular weight excluding hydrogens is 366 g/mol. The fourth-order valence-electron chi connectivity index (χ4n) is 4.09. The minimum absolute atomic E-state index is 0.0456. The van der Waals surface area contributed by atoms with Gasteiger partial charge in [-0.2, -0.15) is 0 Å². The number of nitrogens with one attached hydrogen (secondary N) is 2. The van der Waals surface area contributed by atoms with E-state index in [1.54, 1.807) is 12.4 Å². The molecule has 1 saturated carbocycles. The highest BCUT2D eigenvalue weighted by atomic mass is 16.5. The molecule has 0 spiro atoms. The average molecular weight is 391 g/mol. The van der Waals surface area contributed by atoms with Crippen LogP contribution >= 0.6 is 0 Å². The zero-order chi connectivity index (χ0) is 20.0. The van der Waals surface area contributed by atoms with Gasteiger partial charge in [-0.15, -0.1) is 0 Å². The fourth-order valence-corrected chi connectivity index (χ4v) is 4.09. The molecule has 1 amide bonds. The summed E-state index contributed by atoms with van der Waals surface area (Å²) in [5, 5.41) is 3.06. The number of carbonyl (C=O) groups excluding carboxylic acids is 1. The van der Waals surface area contributed by atoms with E-state index in [1.807, 2.05) is 19.1 Å². The number of amides is 1. The first-order valence-electron chi connectivity index (χ1n) is 10.3. The van der Waals surface area contributed by atoms with Crippen LogP contribution in [0, 0.1) is 5.92 Å². The Labute approximate surface area is 169 Å². The second-order valence-corrected chi connectivity index (χ2v) is 8.17. The molecule has 2 aliphatic rings. The largest absolute Gasteiger partial charge is 0.437 e. The Bertz CT molecular complexity index is 1070. The Morgan fingerprint density at radius 1 is 1.34 bits per heavy atom. The first-order chi connectivity index (χ1) is 14.1. The van der Waals surface area contributed by atoms with Crippen LogP contribution in [0.5, 0.6) is 11.6 Å². The van der Waals surface area contributed by atoms with Gasteiger partial charge in [-0.1, -0.05) is 6.07 Å². The molecule has 1 aromatic carbocycles. The summed E-state index contributed by atoms with van der Waals surface area (Å²) in [6, 6.07) is 6.21. The Morgan fingerprint density at radius 2 is 2.21 bits per heavy atom. The lowest BCUT2D eigenvalue weighted by atomic mass is 9.88. The summed E-state index contributed by atoms with van der Waals surface area (Å²) in [6.45, 7) is 2.05. The van der Waals surface area contributed by atoms with Crippen LogP contribution in [-0.2, 0) is 6.42 Å². The van der Waals surface area contributed by atoms with Gasteiger partial charge in [-0.3, -0.25) is 4.79 Å². The van der Waals surface area contributed by atoms with Crippen LogP contribution in [-0.4, -0.2) is 26.9 Å². The van der Waals surface area contributed by atoms with Gasteiger partial charge in [0.2, 0.25) is 5.88 Å². The first-order valence-corrected chi connectivity index (χ1v) is 10.3. The second-order valence-electron chi connectivity index (χ2n) is 8.17. The lowest BCUT2D eigenvalue weighted by Gasteiger charge is -2.22. The molecule has 2 heterocycles. The molecule has 1 unspecified atom stereocenters. The molecule has 0 radical (unpaired) electrons. The van der Waals surface area contributed by atoms with E-state index in [9.17, 15) is 4.79 Å². The number of H-pyrrole nitrogens is 1. The van der Waals surface area contributed by atoms with Gasteiger partial charge in [-0.25, -0.2) is 9.97 Å². The summed E-state index contributed by atoms with van der Waals surface area (Å²) in [5.74, 6) is 1.48. The number of aromatic amines is 1. The maximum Gasteiger partial charge on any atom is 0.255 e. The van der Waals surface area contributed by atoms with Crippen molar-refractivity contribution in [1.82, 2.24) is 20.3 Å². The van der Waals surface area contributed by atoms with Gasteiger partial charge < -0.3 is 20.8 Å². The molecule has 0 aliphatic heterocycles. The van der Waals surface area contributed by atoms with Gasteiger partial charge in [0.25, 0.3) is 5.91 Å². The van der Waals surface area contributed by atoms with E-state index in [2.05, 4.69) is 26.3 Å². The normalized spacial score (nSPS) is 19.6. The van der Waals surface area contributed by atoms with Crippen molar-refractivity contribution in [2.24, 2.45) is 11.7 Å². The number of nitrogens with two attached hydrogens (primary N) is 1. The van der Waals surface area contributed by atoms with Crippen LogP contribution in [0.2, 0.25) is 0 Å². The monoisotopic (exact) mass is 391 g/mol. The molecule has 4 N–H and O–H groups in total. The molecule has 7 heteroatoms. The van der Waals surface area contributed by atoms with E-state index in [1.165, 1.54) is 18.4 Å². The van der Waals surface area contributed by atoms with Crippen molar-refractivity contribution in [1.29, 1.82) is 0 Å². The minimum Gasteiger partial charge on any atom is -0.437 e. The van der Waals surface area contributed by atoms with E-state index in [0.29, 0.717) is 34.3 Å². The SMILES string of the molecule is CC(NC(=O)c1c[nH]c2ncc(Oc3ccc4c(c3)[C@H](N)CCC4)nc12)C1CC1. The van der Waals surface area contributed by atoms with Gasteiger partial charge in [-0.05, 0) is 68.2 Å². The van der Waals surface area contributed by atoms with E-state index < -0.39 is 0 Å². The molecule has 5 rings (SSSR count). The molecule has 0 saturated heterocycles. The number of nitrogens with zero attached hydrogens (tertiary/aromatic N) is 2. The van der Waals surface area contributed by atoms with Gasteiger partial charge in [0.15, 0.2) is 5.65 Å². The van der Waals surface area contributed by atoms with Crippen molar-refractivity contribution >= 4 is 17.1 Å². The number of aromatic nitrogens is 3. The quantitative estimate of drug-likeness (QED) is 0.616. The molecule has 29 heavy (non-hydrogen) atoms. The van der Waals surface area contributed by atoms with Crippen LogP contribution in [0.4, 0.5) is 0 Å². The van der Waals surface area contributed by atoms with Crippen molar-refractivity contribution < 1.29 is 9.53 Å². The molecular formula is C22H25N5O2. The number of hydrogen-bond acceptors (Lipinski definition) is 5. The van der Waals surface area contributed by atoms with Gasteiger partial charge in [0.05, 0.1) is 11.8 Å². The Balaban J connectivity index is 1.40. The highest BCUT2D eigenvalue weighted by molar-refractivity contribution is 6.04. The third-order valence-corrected chi connectivity index (χ3v) is 5.99. The van der Waals surface area contributed by atoms with E-state index in [4.69, 9.17) is 10.5 Å². The zero-order valence-corrected chi connectivity index (χ0v) is 16.4. The number of ether oxygens (including phenoxy) is 1. The van der Waals surface area contributed by atoms with Crippen LogP contribution < -0.4 is 15.8 Å². The van der Waals surface area contributed by atoms with Crippen molar-refractivity contribution in [2.75, 3.05) is 0 Å². The number of hydrogen-bond donors (Lipinski definition) is 3. The summed E-state index contributed by atoms with van der Waals surface area (Å²) in [5.41, 5.74) is 10.2. The predicted octanol–water partition coefficient (Wildman–Crippen LogP) is 3.61. The summed E-state index contributed by atoms with van der Waals surface area (Å²) in [4.78, 5) is 24.6. The van der Waals surface area contributed by atoms with Gasteiger partial charge in [0.1, 0.15) is 11.3 Å². The predicted molar refractivity (Wildman–Crippen MR) is 110 cm³/mol. The maximum atomic E-state index is 12.7. The first kappa shape index (κ1) is 18.1. The lowest BCUT2D eigenvalue weighted by Crippen LogP contribution is -2.33. The summed E-state index contributed by atoms with van der Waals surface area (Å²) >= 11 is 0. The van der Waals surface area contributed by atoms with E-state index in [0.717, 1.165) is 24.8 Å². The molecule has 2 aromatic heterocycles. The van der Waals surface area contributed by atoms with Crippen LogP contribution in [0.3, 0.4) is 0 Å². The van der Waals surface area contributed by atoms with Crippen LogP contribution in [0.1, 0.15) is 60.1 Å². The number of rotatable bonds is 5. The lowest BCUT2D eigenvalue weighted by molar-refractivity contribution is 0.0937. The van der Waals surface area contributed by atoms with Gasteiger partial charge >= 0.3 is 0 Å². The van der Waals surface area contributed by atoms with Crippen molar-refractivity contribution in [2.45, 2.75) is 51.1 Å². The fraction of sp³-hybridized carbons (Fsp3) is 0.409. The van der Waals surface area contributed by atoms with Crippen molar-refractivity contribution in [3.63, 3.8) is 0 Å². The minimum atomic E-state index is -0.137. The molecule has 2 aliphatic carbocycles. The van der Waals surface area contributed by atoms with E-state index >= 15 is 0 Å². The van der Waals surface area contributed by atoms with Crippen LogP contribution in [0.15, 0.2) is 30.6 Å². The highest BCUT2D eigenvalue weighted by Gasteiger charge is 2.29. The Hall–Kier alpha value is -2.93. The molecule has 1 fully saturated rings. The molecule has 3 aromatic rings. The molecule has 150 valence electrons. The standard InChI is InChI=1S/C22H25N5O2/c1-12(13-5-6-13)26-22(28)17-10-24-21-20(17)27-19(11-25-21)29-15-8-7-14-3-2-4-18(23)16(14)9-15/h7-13,18H,2-6,23H2,1H3,(H,24,25)(H,26,28)/t12?,18-/m1/s1. The number of fused-ring (bicyclic) bond motifs is 2. The summed E-state index contributed by atoms with van der Waals surface area (Å²) < 4.78 is 5.96. The number of carbonyl (C=O) groups is 1. The Morgan fingerprint density at radius 3 is 3.03 bits per heavy atom. The second kappa shape index (κ2) is 7.15. The highest BCUT2D eigenvalue weighted by Crippen LogP contribution is 2.33. The average Bonchev–Trinajstić information content (AvgIpc) is 3.48. The topological polar surface area (TPSA) is 106 Å². The van der Waals surface area contributed by atoms with E-state index in [-0.39, 0.29) is 18.0 Å². The summed E-state index contributed by atoms with van der Waals surface area (Å²) in [6.07, 6.45) is 8.73. The van der Waals surface area contributed by atoms with Crippen molar-refractivity contribution in [3.8, 4) is 11.6 Å².